The van der Waals surface area contributed by atoms with Crippen LogP contribution in [0.1, 0.15) is 356 Å². The van der Waals surface area contributed by atoms with E-state index in [0.29, 0.717) is 31.6 Å². The van der Waals surface area contributed by atoms with Gasteiger partial charge in [-0.1, -0.05) is 304 Å². The summed E-state index contributed by atoms with van der Waals surface area (Å²) in [5.74, 6) is -1.46. The molecule has 0 bridgehead atoms. The Kier molecular flexibility index (Phi) is 61.1. The van der Waals surface area contributed by atoms with E-state index in [4.69, 9.17) is 37.0 Å². The van der Waals surface area contributed by atoms with Gasteiger partial charge in [-0.15, -0.1) is 0 Å². The van der Waals surface area contributed by atoms with Crippen molar-refractivity contribution in [1.29, 1.82) is 0 Å². The minimum atomic E-state index is -4.95. The molecule has 0 fully saturated rings. The molecular weight excluding hydrogens is 1160 g/mol. The molecule has 88 heavy (non-hydrogen) atoms. The molecule has 0 aromatic heterocycles. The first-order valence-electron chi connectivity index (χ1n) is 36.1. The Hall–Kier alpha value is -1.94. The minimum Gasteiger partial charge on any atom is -0.462 e. The molecule has 0 rings (SSSR count). The lowest BCUT2D eigenvalue weighted by atomic mass is 10.0. The largest absolute Gasteiger partial charge is 0.472 e. The first-order chi connectivity index (χ1) is 42.5. The lowest BCUT2D eigenvalue weighted by Gasteiger charge is -2.21. The summed E-state index contributed by atoms with van der Waals surface area (Å²) in [5, 5.41) is 10.6. The lowest BCUT2D eigenvalue weighted by molar-refractivity contribution is -0.161. The van der Waals surface area contributed by atoms with Crippen LogP contribution < -0.4 is 0 Å². The second-order valence-electron chi connectivity index (χ2n) is 25.4. The Labute approximate surface area is 537 Å². The zero-order valence-electron chi connectivity index (χ0n) is 56.9. The first-order valence-corrected chi connectivity index (χ1v) is 39.1. The Balaban J connectivity index is 5.17. The van der Waals surface area contributed by atoms with Crippen molar-refractivity contribution < 1.29 is 80.2 Å². The summed E-state index contributed by atoms with van der Waals surface area (Å²) in [6.07, 6.45) is 48.8. The van der Waals surface area contributed by atoms with Crippen molar-refractivity contribution in [2.45, 2.75) is 374 Å². The lowest BCUT2D eigenvalue weighted by Crippen LogP contribution is -2.30. The molecule has 0 aliphatic heterocycles. The van der Waals surface area contributed by atoms with E-state index in [9.17, 15) is 43.2 Å². The maximum absolute atomic E-state index is 13.0. The molecular formula is C69H134O17P2. The van der Waals surface area contributed by atoms with E-state index in [1.807, 2.05) is 0 Å². The topological polar surface area (TPSA) is 237 Å². The van der Waals surface area contributed by atoms with Crippen molar-refractivity contribution in [1.82, 2.24) is 0 Å². The molecule has 0 radical (unpaired) electrons. The van der Waals surface area contributed by atoms with E-state index in [0.717, 1.165) is 89.9 Å². The van der Waals surface area contributed by atoms with Gasteiger partial charge in [-0.2, -0.15) is 0 Å². The van der Waals surface area contributed by atoms with Crippen molar-refractivity contribution in [3.05, 3.63) is 0 Å². The smallest absolute Gasteiger partial charge is 0.462 e. The summed E-state index contributed by atoms with van der Waals surface area (Å²) in [5.41, 5.74) is 0. The molecule has 19 heteroatoms. The molecule has 0 aliphatic carbocycles. The molecule has 5 atom stereocenters. The van der Waals surface area contributed by atoms with E-state index in [-0.39, 0.29) is 25.7 Å². The van der Waals surface area contributed by atoms with Crippen LogP contribution in [-0.2, 0) is 65.4 Å². The standard InChI is InChI=1S/C69H134O17P2/c1-6-9-12-15-18-21-23-24-25-26-27-28-29-30-32-35-38-44-49-54-68(73)85-64(58-80-67(72)53-48-43-37-34-31-22-19-16-13-10-7-2)60-83-87(75,76)81-56-63(70)57-82-88(77,78)84-61-65(86-69(74)55-50-45-40-39-41-46-51-62(4)5)59-79-66(71)52-47-42-36-33-20-17-14-11-8-3/h62-65,70H,6-61H2,1-5H3,(H,75,76)(H,77,78)/t63-,64-,65-/m1/s1. The minimum absolute atomic E-state index is 0.102. The van der Waals surface area contributed by atoms with Gasteiger partial charge < -0.3 is 33.8 Å². The van der Waals surface area contributed by atoms with Crippen molar-refractivity contribution in [2.75, 3.05) is 39.6 Å². The van der Waals surface area contributed by atoms with Crippen molar-refractivity contribution in [2.24, 2.45) is 5.92 Å². The summed E-state index contributed by atoms with van der Waals surface area (Å²) in [6.45, 7) is 7.12. The van der Waals surface area contributed by atoms with Gasteiger partial charge in [-0.25, -0.2) is 9.13 Å². The van der Waals surface area contributed by atoms with Crippen LogP contribution in [0, 0.1) is 5.92 Å². The van der Waals surface area contributed by atoms with E-state index in [2.05, 4.69) is 34.6 Å². The fourth-order valence-corrected chi connectivity index (χ4v) is 12.0. The number of hydrogen-bond acceptors (Lipinski definition) is 15. The molecule has 0 aromatic carbocycles. The molecule has 522 valence electrons. The highest BCUT2D eigenvalue weighted by molar-refractivity contribution is 7.47. The third-order valence-electron chi connectivity index (χ3n) is 16.0. The maximum atomic E-state index is 13.0. The predicted octanol–water partition coefficient (Wildman–Crippen LogP) is 19.7. The highest BCUT2D eigenvalue weighted by Gasteiger charge is 2.30. The first kappa shape index (κ1) is 86.1. The normalized spacial score (nSPS) is 14.1. The number of hydrogen-bond donors (Lipinski definition) is 3. The Morgan fingerprint density at radius 3 is 0.773 bits per heavy atom. The number of aliphatic hydroxyl groups is 1. The highest BCUT2D eigenvalue weighted by atomic mass is 31.2. The van der Waals surface area contributed by atoms with Crippen LogP contribution in [0.2, 0.25) is 0 Å². The van der Waals surface area contributed by atoms with Crippen molar-refractivity contribution >= 4 is 39.5 Å². The molecule has 0 heterocycles. The van der Waals surface area contributed by atoms with E-state index in [1.54, 1.807) is 0 Å². The highest BCUT2D eigenvalue weighted by Crippen LogP contribution is 2.45. The van der Waals surface area contributed by atoms with E-state index >= 15 is 0 Å². The molecule has 0 amide bonds. The summed E-state index contributed by atoms with van der Waals surface area (Å²) < 4.78 is 68.1. The Bertz CT molecular complexity index is 1700. The SMILES string of the molecule is CCCCCCCCCCCCCCCCCCCCCC(=O)O[C@H](COC(=O)CCCCCCCCCCCCC)COP(=O)(O)OC[C@@H](O)COP(=O)(O)OC[C@@H](COC(=O)CCCCCCCCCCC)OC(=O)CCCCCCCCC(C)C. The summed E-state index contributed by atoms with van der Waals surface area (Å²) in [4.78, 5) is 72.3. The number of phosphoric acid groups is 2. The number of carbonyl (C=O) groups excluding carboxylic acids is 4. The number of phosphoric ester groups is 2. The van der Waals surface area contributed by atoms with Crippen LogP contribution in [0.4, 0.5) is 0 Å². The van der Waals surface area contributed by atoms with Gasteiger partial charge in [0.05, 0.1) is 26.4 Å². The monoisotopic (exact) mass is 1300 g/mol. The Morgan fingerprint density at radius 1 is 0.307 bits per heavy atom. The molecule has 0 saturated heterocycles. The molecule has 0 spiro atoms. The molecule has 0 aromatic rings. The van der Waals surface area contributed by atoms with Gasteiger partial charge in [0.2, 0.25) is 0 Å². The van der Waals surface area contributed by atoms with Crippen LogP contribution >= 0.6 is 15.6 Å². The van der Waals surface area contributed by atoms with Crippen LogP contribution in [0.3, 0.4) is 0 Å². The second kappa shape index (κ2) is 62.5. The van der Waals surface area contributed by atoms with Crippen LogP contribution in [0.5, 0.6) is 0 Å². The zero-order chi connectivity index (χ0) is 64.9. The fourth-order valence-electron chi connectivity index (χ4n) is 10.5. The van der Waals surface area contributed by atoms with Crippen LogP contribution in [0.15, 0.2) is 0 Å². The van der Waals surface area contributed by atoms with Gasteiger partial charge in [-0.05, 0) is 31.6 Å². The molecule has 3 N–H and O–H groups in total. The average molecular weight is 1300 g/mol. The van der Waals surface area contributed by atoms with E-state index < -0.39 is 97.5 Å². The number of unbranched alkanes of at least 4 members (excludes halogenated alkanes) is 41. The fraction of sp³-hybridized carbons (Fsp3) is 0.942. The third-order valence-corrected chi connectivity index (χ3v) is 17.9. The second-order valence-corrected chi connectivity index (χ2v) is 28.3. The summed E-state index contributed by atoms with van der Waals surface area (Å²) >= 11 is 0. The average Bonchev–Trinajstić information content (AvgIpc) is 3.68. The van der Waals surface area contributed by atoms with Gasteiger partial charge in [-0.3, -0.25) is 37.3 Å². The van der Waals surface area contributed by atoms with Gasteiger partial charge in [0.25, 0.3) is 0 Å². The van der Waals surface area contributed by atoms with Gasteiger partial charge in [0, 0.05) is 25.7 Å². The number of esters is 4. The number of carbonyl (C=O) groups is 4. The number of aliphatic hydroxyl groups excluding tert-OH is 1. The summed E-state index contributed by atoms with van der Waals surface area (Å²) in [6, 6.07) is 0. The van der Waals surface area contributed by atoms with Crippen molar-refractivity contribution in [3.63, 3.8) is 0 Å². The maximum Gasteiger partial charge on any atom is 0.472 e. The van der Waals surface area contributed by atoms with E-state index in [1.165, 1.54) is 180 Å². The van der Waals surface area contributed by atoms with Crippen molar-refractivity contribution in [3.8, 4) is 0 Å². The quantitative estimate of drug-likeness (QED) is 0.0222. The molecule has 17 nitrogen and oxygen atoms in total. The zero-order valence-corrected chi connectivity index (χ0v) is 58.6. The predicted molar refractivity (Wildman–Crippen MR) is 354 cm³/mol. The van der Waals surface area contributed by atoms with Crippen LogP contribution in [0.25, 0.3) is 0 Å². The third kappa shape index (κ3) is 62.8. The van der Waals surface area contributed by atoms with Crippen LogP contribution in [-0.4, -0.2) is 96.7 Å². The summed E-state index contributed by atoms with van der Waals surface area (Å²) in [7, 11) is -9.89. The number of ether oxygens (including phenoxy) is 4. The molecule has 2 unspecified atom stereocenters. The Morgan fingerprint density at radius 2 is 0.523 bits per heavy atom. The van der Waals surface area contributed by atoms with Gasteiger partial charge in [0.1, 0.15) is 19.3 Å². The number of rotatable bonds is 69. The van der Waals surface area contributed by atoms with Gasteiger partial charge in [0.15, 0.2) is 12.2 Å². The molecule has 0 saturated carbocycles. The van der Waals surface area contributed by atoms with Gasteiger partial charge >= 0.3 is 39.5 Å². The molecule has 0 aliphatic rings.